The molecule has 0 atom stereocenters. The van der Waals surface area contributed by atoms with Gasteiger partial charge in [0.05, 0.1) is 27.3 Å². The van der Waals surface area contributed by atoms with Crippen molar-refractivity contribution in [2.75, 3.05) is 33.9 Å². The molecule has 0 heterocycles. The molecular formula is C30H46NO3+. The molecule has 2 rings (SSSR count). The number of hydrogen-bond donors (Lipinski definition) is 0. The van der Waals surface area contributed by atoms with Crippen LogP contribution in [0.3, 0.4) is 0 Å². The van der Waals surface area contributed by atoms with Gasteiger partial charge in [-0.15, -0.1) is 0 Å². The van der Waals surface area contributed by atoms with E-state index in [4.69, 9.17) is 9.47 Å². The van der Waals surface area contributed by atoms with Crippen molar-refractivity contribution in [3.63, 3.8) is 0 Å². The lowest BCUT2D eigenvalue weighted by Gasteiger charge is -2.28. The highest BCUT2D eigenvalue weighted by Gasteiger charge is 2.21. The number of hydrogen-bond acceptors (Lipinski definition) is 3. The summed E-state index contributed by atoms with van der Waals surface area (Å²) in [7, 11) is 4.12. The van der Waals surface area contributed by atoms with E-state index in [1.54, 1.807) is 0 Å². The third kappa shape index (κ3) is 12.2. The highest BCUT2D eigenvalue weighted by molar-refractivity contribution is 5.70. The largest absolute Gasteiger partial charge is 0.493 e. The second kappa shape index (κ2) is 16.3. The average Bonchev–Trinajstić information content (AvgIpc) is 2.81. The minimum atomic E-state index is -0.137. The molecule has 0 aliphatic carbocycles. The molecule has 0 unspecified atom stereocenters. The molecule has 0 aliphatic rings. The van der Waals surface area contributed by atoms with Gasteiger partial charge in [-0.2, -0.15) is 0 Å². The maximum absolute atomic E-state index is 12.3. The Morgan fingerprint density at radius 3 is 2.18 bits per heavy atom. The maximum Gasteiger partial charge on any atom is 0.361 e. The summed E-state index contributed by atoms with van der Waals surface area (Å²) in [6.45, 7) is 4.55. The molecule has 4 nitrogen and oxygen atoms in total. The van der Waals surface area contributed by atoms with Crippen LogP contribution in [0, 0.1) is 0 Å². The lowest BCUT2D eigenvalue weighted by molar-refractivity contribution is -0.896. The van der Waals surface area contributed by atoms with Crippen LogP contribution in [0.25, 0.3) is 0 Å². The minimum Gasteiger partial charge on any atom is -0.493 e. The van der Waals surface area contributed by atoms with E-state index >= 15 is 0 Å². The van der Waals surface area contributed by atoms with Gasteiger partial charge in [0, 0.05) is 5.56 Å². The van der Waals surface area contributed by atoms with Crippen LogP contribution in [0.1, 0.15) is 75.8 Å². The van der Waals surface area contributed by atoms with E-state index in [0.717, 1.165) is 31.6 Å². The van der Waals surface area contributed by atoms with E-state index < -0.39 is 0 Å². The Morgan fingerprint density at radius 2 is 1.41 bits per heavy atom. The third-order valence-electron chi connectivity index (χ3n) is 6.09. The monoisotopic (exact) mass is 468 g/mol. The number of ether oxygens (including phenoxy) is 2. The summed E-state index contributed by atoms with van der Waals surface area (Å²) in [5, 5.41) is 0. The van der Waals surface area contributed by atoms with Crippen LogP contribution in [0.15, 0.2) is 54.6 Å². The molecular weight excluding hydrogens is 422 g/mol. The molecule has 0 N–H and O–H groups in total. The van der Waals surface area contributed by atoms with Gasteiger partial charge in [0.1, 0.15) is 12.3 Å². The predicted octanol–water partition coefficient (Wildman–Crippen LogP) is 6.96. The van der Waals surface area contributed by atoms with Crippen molar-refractivity contribution in [2.24, 2.45) is 0 Å². The lowest BCUT2D eigenvalue weighted by Crippen LogP contribution is -2.43. The summed E-state index contributed by atoms with van der Waals surface area (Å²) in [6, 6.07) is 18.7. The van der Waals surface area contributed by atoms with Crippen molar-refractivity contribution in [2.45, 2.75) is 77.7 Å². The average molecular weight is 469 g/mol. The van der Waals surface area contributed by atoms with Crippen LogP contribution < -0.4 is 4.74 Å². The Morgan fingerprint density at radius 1 is 0.765 bits per heavy atom. The molecule has 0 spiro atoms. The second-order valence-corrected chi connectivity index (χ2v) is 9.99. The van der Waals surface area contributed by atoms with Crippen LogP contribution in [0.4, 0.5) is 0 Å². The number of unbranched alkanes of at least 4 members (excludes halogenated alkanes) is 7. The summed E-state index contributed by atoms with van der Waals surface area (Å²) >= 11 is 0. The molecule has 0 aromatic heterocycles. The van der Waals surface area contributed by atoms with Crippen LogP contribution in [0.2, 0.25) is 0 Å². The number of esters is 1. The molecule has 188 valence electrons. The smallest absolute Gasteiger partial charge is 0.361 e. The first-order valence-corrected chi connectivity index (χ1v) is 13.2. The van der Waals surface area contributed by atoms with Crippen LogP contribution >= 0.6 is 0 Å². The number of benzene rings is 2. The van der Waals surface area contributed by atoms with Crippen molar-refractivity contribution in [3.05, 3.63) is 65.7 Å². The first kappa shape index (κ1) is 27.9. The lowest BCUT2D eigenvalue weighted by atomic mass is 10.0. The zero-order valence-electron chi connectivity index (χ0n) is 21.8. The fourth-order valence-corrected chi connectivity index (χ4v) is 4.22. The van der Waals surface area contributed by atoms with Gasteiger partial charge in [-0.3, -0.25) is 0 Å². The summed E-state index contributed by atoms with van der Waals surface area (Å²) in [5.41, 5.74) is 2.53. The topological polar surface area (TPSA) is 35.5 Å². The first-order chi connectivity index (χ1) is 16.5. The van der Waals surface area contributed by atoms with Gasteiger partial charge >= 0.3 is 5.97 Å². The number of rotatable bonds is 18. The standard InChI is InChI=1S/C30H46NO3/c1-4-5-6-7-8-9-13-20-28-21-14-15-22-29(28)33-23-16-17-24-34-30(32)26-31(2,3)25-27-18-11-10-12-19-27/h10-12,14-15,18-19,21-22H,4-9,13,16-17,20,23-26H2,1-3H3/q+1. The highest BCUT2D eigenvalue weighted by Crippen LogP contribution is 2.21. The van der Waals surface area contributed by atoms with E-state index in [2.05, 4.69) is 51.4 Å². The number of nitrogens with zero attached hydrogens (tertiary/aromatic N) is 1. The molecule has 0 saturated carbocycles. The van der Waals surface area contributed by atoms with E-state index in [9.17, 15) is 4.79 Å². The molecule has 2 aromatic carbocycles. The second-order valence-electron chi connectivity index (χ2n) is 9.99. The Kier molecular flexibility index (Phi) is 13.4. The van der Waals surface area contributed by atoms with Gasteiger partial charge in [0.2, 0.25) is 0 Å². The third-order valence-corrected chi connectivity index (χ3v) is 6.09. The molecule has 0 aliphatic heterocycles. The fourth-order valence-electron chi connectivity index (χ4n) is 4.22. The quantitative estimate of drug-likeness (QED) is 0.135. The number of carbonyl (C=O) groups is 1. The van der Waals surface area contributed by atoms with Gasteiger partial charge < -0.3 is 14.0 Å². The fraction of sp³-hybridized carbons (Fsp3) is 0.567. The van der Waals surface area contributed by atoms with Crippen molar-refractivity contribution in [3.8, 4) is 5.75 Å². The van der Waals surface area contributed by atoms with Crippen LogP contribution in [-0.2, 0) is 22.5 Å². The Labute approximate surface area is 207 Å². The number of carbonyl (C=O) groups excluding carboxylic acids is 1. The van der Waals surface area contributed by atoms with Crippen LogP contribution in [-0.4, -0.2) is 44.3 Å². The zero-order valence-corrected chi connectivity index (χ0v) is 21.8. The van der Waals surface area contributed by atoms with Gasteiger partial charge in [0.15, 0.2) is 6.54 Å². The predicted molar refractivity (Wildman–Crippen MR) is 141 cm³/mol. The minimum absolute atomic E-state index is 0.137. The molecule has 0 bridgehead atoms. The van der Waals surface area contributed by atoms with Crippen molar-refractivity contribution >= 4 is 5.97 Å². The van der Waals surface area contributed by atoms with Crippen LogP contribution in [0.5, 0.6) is 5.75 Å². The zero-order chi connectivity index (χ0) is 24.5. The molecule has 2 aromatic rings. The first-order valence-electron chi connectivity index (χ1n) is 13.2. The maximum atomic E-state index is 12.3. The van der Waals surface area contributed by atoms with E-state index in [-0.39, 0.29) is 5.97 Å². The van der Waals surface area contributed by atoms with Gasteiger partial charge in [-0.05, 0) is 37.3 Å². The van der Waals surface area contributed by atoms with Gasteiger partial charge in [0.25, 0.3) is 0 Å². The SMILES string of the molecule is CCCCCCCCCc1ccccc1OCCCCOC(=O)C[N+](C)(C)Cc1ccccc1. The molecule has 0 saturated heterocycles. The Hall–Kier alpha value is -2.33. The number of aryl methyl sites for hydroxylation is 1. The molecule has 0 radical (unpaired) electrons. The molecule has 0 amide bonds. The molecule has 0 fully saturated rings. The van der Waals surface area contributed by atoms with Crippen molar-refractivity contribution < 1.29 is 18.8 Å². The number of quaternary nitrogens is 1. The summed E-state index contributed by atoms with van der Waals surface area (Å²) in [5.74, 6) is 0.868. The Balaban J connectivity index is 1.58. The van der Waals surface area contributed by atoms with E-state index in [0.29, 0.717) is 24.2 Å². The molecule has 34 heavy (non-hydrogen) atoms. The summed E-state index contributed by atoms with van der Waals surface area (Å²) < 4.78 is 12.1. The summed E-state index contributed by atoms with van der Waals surface area (Å²) in [4.78, 5) is 12.3. The van der Waals surface area contributed by atoms with Crippen molar-refractivity contribution in [1.29, 1.82) is 0 Å². The van der Waals surface area contributed by atoms with Gasteiger partial charge in [-0.25, -0.2) is 4.79 Å². The van der Waals surface area contributed by atoms with Gasteiger partial charge in [-0.1, -0.05) is 94.0 Å². The normalized spacial score (nSPS) is 11.4. The van der Waals surface area contributed by atoms with E-state index in [1.165, 1.54) is 56.1 Å². The number of likely N-dealkylation sites (N-methyl/N-ethyl adjacent to an activating group) is 1. The summed E-state index contributed by atoms with van der Waals surface area (Å²) in [6.07, 6.45) is 12.0. The van der Waals surface area contributed by atoms with E-state index in [1.807, 2.05) is 24.3 Å². The molecule has 4 heteroatoms. The highest BCUT2D eigenvalue weighted by atomic mass is 16.5. The Bertz CT molecular complexity index is 804. The van der Waals surface area contributed by atoms with Crippen molar-refractivity contribution in [1.82, 2.24) is 0 Å². The number of para-hydroxylation sites is 1.